The molecule has 1 aliphatic heterocycles. The Labute approximate surface area is 91.1 Å². The summed E-state index contributed by atoms with van der Waals surface area (Å²) in [5.41, 5.74) is 1.14. The fourth-order valence-corrected chi connectivity index (χ4v) is 1.79. The standard InChI is InChI=1S/C12H18N2O/c1-4-14-7-8-15-11-6-5-10(9(2)3)13-12(11)14/h5-6,9H,4,7-8H2,1-3H3. The van der Waals surface area contributed by atoms with Gasteiger partial charge >= 0.3 is 0 Å². The monoisotopic (exact) mass is 206 g/mol. The van der Waals surface area contributed by atoms with Gasteiger partial charge in [-0.25, -0.2) is 4.98 Å². The average molecular weight is 206 g/mol. The van der Waals surface area contributed by atoms with Gasteiger partial charge in [0.15, 0.2) is 11.6 Å². The minimum atomic E-state index is 0.468. The van der Waals surface area contributed by atoms with Crippen LogP contribution in [0.15, 0.2) is 12.1 Å². The summed E-state index contributed by atoms with van der Waals surface area (Å²) in [5, 5.41) is 0. The Morgan fingerprint density at radius 1 is 1.47 bits per heavy atom. The summed E-state index contributed by atoms with van der Waals surface area (Å²) in [4.78, 5) is 6.93. The first-order chi connectivity index (χ1) is 7.22. The number of anilines is 1. The molecule has 2 heterocycles. The molecule has 0 saturated carbocycles. The lowest BCUT2D eigenvalue weighted by molar-refractivity contribution is 0.305. The first-order valence-electron chi connectivity index (χ1n) is 5.61. The van der Waals surface area contributed by atoms with E-state index in [1.54, 1.807) is 0 Å². The van der Waals surface area contributed by atoms with Crippen LogP contribution in [-0.4, -0.2) is 24.7 Å². The highest BCUT2D eigenvalue weighted by molar-refractivity contribution is 5.54. The molecule has 1 aromatic rings. The largest absolute Gasteiger partial charge is 0.488 e. The third-order valence-corrected chi connectivity index (χ3v) is 2.75. The lowest BCUT2D eigenvalue weighted by Crippen LogP contribution is -2.33. The molecule has 0 N–H and O–H groups in total. The van der Waals surface area contributed by atoms with Gasteiger partial charge in [0, 0.05) is 12.2 Å². The summed E-state index contributed by atoms with van der Waals surface area (Å²) in [6.07, 6.45) is 0. The quantitative estimate of drug-likeness (QED) is 0.743. The number of ether oxygens (including phenoxy) is 1. The highest BCUT2D eigenvalue weighted by Crippen LogP contribution is 2.30. The molecule has 3 heteroatoms. The maximum atomic E-state index is 5.59. The Kier molecular flexibility index (Phi) is 2.80. The molecule has 0 fully saturated rings. The van der Waals surface area contributed by atoms with Crippen LogP contribution < -0.4 is 9.64 Å². The number of hydrogen-bond acceptors (Lipinski definition) is 3. The summed E-state index contributed by atoms with van der Waals surface area (Å²) in [5.74, 6) is 2.40. The van der Waals surface area contributed by atoms with Crippen LogP contribution >= 0.6 is 0 Å². The van der Waals surface area contributed by atoms with Crippen LogP contribution in [0, 0.1) is 0 Å². The smallest absolute Gasteiger partial charge is 0.171 e. The van der Waals surface area contributed by atoms with Crippen molar-refractivity contribution < 1.29 is 4.74 Å². The number of hydrogen-bond donors (Lipinski definition) is 0. The molecule has 0 atom stereocenters. The molecule has 82 valence electrons. The third-order valence-electron chi connectivity index (χ3n) is 2.75. The van der Waals surface area contributed by atoms with Crippen LogP contribution in [-0.2, 0) is 0 Å². The normalized spacial score (nSPS) is 15.1. The molecular weight excluding hydrogens is 188 g/mol. The molecule has 0 spiro atoms. The maximum Gasteiger partial charge on any atom is 0.171 e. The van der Waals surface area contributed by atoms with E-state index in [2.05, 4.69) is 36.7 Å². The van der Waals surface area contributed by atoms with E-state index < -0.39 is 0 Å². The first kappa shape index (κ1) is 10.3. The zero-order valence-electron chi connectivity index (χ0n) is 9.66. The minimum Gasteiger partial charge on any atom is -0.488 e. The maximum absolute atomic E-state index is 5.59. The van der Waals surface area contributed by atoms with Gasteiger partial charge in [0.2, 0.25) is 0 Å². The van der Waals surface area contributed by atoms with Gasteiger partial charge in [-0.05, 0) is 25.0 Å². The second kappa shape index (κ2) is 4.09. The highest BCUT2D eigenvalue weighted by Gasteiger charge is 2.19. The molecule has 15 heavy (non-hydrogen) atoms. The van der Waals surface area contributed by atoms with Crippen molar-refractivity contribution in [3.8, 4) is 5.75 Å². The van der Waals surface area contributed by atoms with E-state index >= 15 is 0 Å². The Hall–Kier alpha value is -1.25. The molecule has 0 amide bonds. The van der Waals surface area contributed by atoms with Crippen LogP contribution in [0.4, 0.5) is 5.82 Å². The summed E-state index contributed by atoms with van der Waals surface area (Å²) < 4.78 is 5.59. The van der Waals surface area contributed by atoms with E-state index in [0.717, 1.165) is 37.0 Å². The summed E-state index contributed by atoms with van der Waals surface area (Å²) in [6.45, 7) is 9.18. The van der Waals surface area contributed by atoms with Gasteiger partial charge in [-0.2, -0.15) is 0 Å². The van der Waals surface area contributed by atoms with Crippen LogP contribution in [0.25, 0.3) is 0 Å². The van der Waals surface area contributed by atoms with E-state index in [9.17, 15) is 0 Å². The molecule has 1 aromatic heterocycles. The van der Waals surface area contributed by atoms with Crippen molar-refractivity contribution in [1.29, 1.82) is 0 Å². The average Bonchev–Trinajstić information content (AvgIpc) is 2.27. The predicted molar refractivity (Wildman–Crippen MR) is 61.7 cm³/mol. The van der Waals surface area contributed by atoms with E-state index in [1.807, 2.05) is 6.07 Å². The van der Waals surface area contributed by atoms with Crippen molar-refractivity contribution in [3.05, 3.63) is 17.8 Å². The van der Waals surface area contributed by atoms with Gasteiger partial charge in [0.1, 0.15) is 6.61 Å². The molecule has 0 saturated heterocycles. The second-order valence-corrected chi connectivity index (χ2v) is 4.14. The molecule has 0 aromatic carbocycles. The number of pyridine rings is 1. The van der Waals surface area contributed by atoms with Crippen molar-refractivity contribution in [1.82, 2.24) is 4.98 Å². The van der Waals surface area contributed by atoms with E-state index in [-0.39, 0.29) is 0 Å². The Bertz CT molecular complexity index is 349. The summed E-state index contributed by atoms with van der Waals surface area (Å²) >= 11 is 0. The zero-order valence-corrected chi connectivity index (χ0v) is 9.66. The SMILES string of the molecule is CCN1CCOc2ccc(C(C)C)nc21. The predicted octanol–water partition coefficient (Wildman–Crippen LogP) is 2.42. The van der Waals surface area contributed by atoms with E-state index in [4.69, 9.17) is 4.74 Å². The topological polar surface area (TPSA) is 25.4 Å². The molecule has 0 aliphatic carbocycles. The van der Waals surface area contributed by atoms with Crippen molar-refractivity contribution in [3.63, 3.8) is 0 Å². The van der Waals surface area contributed by atoms with Crippen molar-refractivity contribution in [2.24, 2.45) is 0 Å². The lowest BCUT2D eigenvalue weighted by Gasteiger charge is -2.29. The van der Waals surface area contributed by atoms with Crippen LogP contribution in [0.2, 0.25) is 0 Å². The zero-order chi connectivity index (χ0) is 10.8. The lowest BCUT2D eigenvalue weighted by atomic mass is 10.1. The number of nitrogens with zero attached hydrogens (tertiary/aromatic N) is 2. The van der Waals surface area contributed by atoms with Crippen LogP contribution in [0.3, 0.4) is 0 Å². The van der Waals surface area contributed by atoms with Crippen molar-refractivity contribution in [2.75, 3.05) is 24.6 Å². The van der Waals surface area contributed by atoms with Gasteiger partial charge in [-0.15, -0.1) is 0 Å². The molecule has 3 nitrogen and oxygen atoms in total. The number of fused-ring (bicyclic) bond motifs is 1. The van der Waals surface area contributed by atoms with Crippen molar-refractivity contribution in [2.45, 2.75) is 26.7 Å². The molecular formula is C12H18N2O. The molecule has 2 rings (SSSR count). The van der Waals surface area contributed by atoms with Crippen LogP contribution in [0.5, 0.6) is 5.75 Å². The Balaban J connectivity index is 2.39. The first-order valence-corrected chi connectivity index (χ1v) is 5.61. The summed E-state index contributed by atoms with van der Waals surface area (Å²) in [7, 11) is 0. The number of likely N-dealkylation sites (N-methyl/N-ethyl adjacent to an activating group) is 1. The highest BCUT2D eigenvalue weighted by atomic mass is 16.5. The van der Waals surface area contributed by atoms with E-state index in [0.29, 0.717) is 5.92 Å². The molecule has 1 aliphatic rings. The fraction of sp³-hybridized carbons (Fsp3) is 0.583. The Morgan fingerprint density at radius 3 is 2.93 bits per heavy atom. The van der Waals surface area contributed by atoms with Gasteiger partial charge < -0.3 is 9.64 Å². The van der Waals surface area contributed by atoms with E-state index in [1.165, 1.54) is 0 Å². The second-order valence-electron chi connectivity index (χ2n) is 4.14. The molecule has 0 radical (unpaired) electrons. The number of rotatable bonds is 2. The van der Waals surface area contributed by atoms with Gasteiger partial charge in [-0.3, -0.25) is 0 Å². The fourth-order valence-electron chi connectivity index (χ4n) is 1.79. The van der Waals surface area contributed by atoms with Gasteiger partial charge in [-0.1, -0.05) is 13.8 Å². The molecule has 0 bridgehead atoms. The van der Waals surface area contributed by atoms with Gasteiger partial charge in [0.05, 0.1) is 6.54 Å². The van der Waals surface area contributed by atoms with Crippen LogP contribution in [0.1, 0.15) is 32.4 Å². The molecule has 0 unspecified atom stereocenters. The third kappa shape index (κ3) is 1.91. The number of aromatic nitrogens is 1. The minimum absolute atomic E-state index is 0.468. The summed E-state index contributed by atoms with van der Waals surface area (Å²) in [6, 6.07) is 4.10. The van der Waals surface area contributed by atoms with Gasteiger partial charge in [0.25, 0.3) is 0 Å². The van der Waals surface area contributed by atoms with Crippen molar-refractivity contribution >= 4 is 5.82 Å². The Morgan fingerprint density at radius 2 is 2.27 bits per heavy atom.